The van der Waals surface area contributed by atoms with Gasteiger partial charge >= 0.3 is 0 Å². The van der Waals surface area contributed by atoms with E-state index >= 15 is 0 Å². The molecule has 0 bridgehead atoms. The van der Waals surface area contributed by atoms with E-state index in [2.05, 4.69) is 21.2 Å². The first-order valence-electron chi connectivity index (χ1n) is 8.64. The van der Waals surface area contributed by atoms with Gasteiger partial charge in [-0.3, -0.25) is 9.78 Å². The van der Waals surface area contributed by atoms with Gasteiger partial charge in [-0.1, -0.05) is 18.2 Å². The van der Waals surface area contributed by atoms with Crippen LogP contribution in [0.1, 0.15) is 18.0 Å². The van der Waals surface area contributed by atoms with Crippen LogP contribution in [-0.4, -0.2) is 24.0 Å². The van der Waals surface area contributed by atoms with Crippen LogP contribution in [0, 0.1) is 5.82 Å². The van der Waals surface area contributed by atoms with Crippen LogP contribution in [0.25, 0.3) is 10.9 Å². The lowest BCUT2D eigenvalue weighted by atomic mass is 10.0. The van der Waals surface area contributed by atoms with Gasteiger partial charge in [0.15, 0.2) is 0 Å². The third-order valence-electron chi connectivity index (χ3n) is 4.66. The zero-order chi connectivity index (χ0) is 18.8. The number of nitrogens with zero attached hydrogens (tertiary/aromatic N) is 1. The van der Waals surface area contributed by atoms with E-state index in [-0.39, 0.29) is 17.8 Å². The third-order valence-corrected chi connectivity index (χ3v) is 4.66. The Kier molecular flexibility index (Phi) is 4.70. The Balaban J connectivity index is 1.51. The number of nitrogens with one attached hydrogen (secondary N) is 3. The lowest BCUT2D eigenvalue weighted by Gasteiger charge is -2.13. The van der Waals surface area contributed by atoms with Crippen LogP contribution in [0.4, 0.5) is 10.1 Å². The maximum absolute atomic E-state index is 13.1. The maximum Gasteiger partial charge on any atom is 0.242 e. The molecule has 0 saturated carbocycles. The van der Waals surface area contributed by atoms with Crippen molar-refractivity contribution in [2.75, 3.05) is 12.4 Å². The Morgan fingerprint density at radius 1 is 1.22 bits per heavy atom. The van der Waals surface area contributed by atoms with E-state index in [0.717, 1.165) is 10.9 Å². The quantitative estimate of drug-likeness (QED) is 0.662. The van der Waals surface area contributed by atoms with Crippen LogP contribution in [-0.2, 0) is 4.79 Å². The highest BCUT2D eigenvalue weighted by molar-refractivity contribution is 6.03. The second-order valence-corrected chi connectivity index (χ2v) is 6.42. The van der Waals surface area contributed by atoms with Gasteiger partial charge in [0.1, 0.15) is 17.6 Å². The Hall–Kier alpha value is -3.03. The fourth-order valence-corrected chi connectivity index (χ4v) is 3.24. The Morgan fingerprint density at radius 2 is 2.04 bits per heavy atom. The topological polar surface area (TPSA) is 75.3 Å². The number of carbonyl (C=O) groups excluding carboxylic acids is 1. The predicted molar refractivity (Wildman–Crippen MR) is 101 cm³/mol. The molecule has 0 aliphatic carbocycles. The highest BCUT2D eigenvalue weighted by atomic mass is 19.1. The molecular formula is C20H19FN4O2. The van der Waals surface area contributed by atoms with Gasteiger partial charge in [-0.2, -0.15) is 0 Å². The molecule has 1 aliphatic heterocycles. The van der Waals surface area contributed by atoms with E-state index in [1.54, 1.807) is 31.5 Å². The van der Waals surface area contributed by atoms with Gasteiger partial charge in [-0.25, -0.2) is 15.2 Å². The smallest absolute Gasteiger partial charge is 0.242 e. The molecule has 1 saturated heterocycles. The summed E-state index contributed by atoms with van der Waals surface area (Å²) >= 11 is 0. The summed E-state index contributed by atoms with van der Waals surface area (Å²) in [7, 11) is 1.58. The lowest BCUT2D eigenvalue weighted by molar-refractivity contribution is -0.117. The molecule has 2 aromatic carbocycles. The minimum absolute atomic E-state index is 0.0680. The number of rotatable bonds is 4. The highest BCUT2D eigenvalue weighted by Gasteiger charge is 2.30. The molecule has 138 valence electrons. The number of methoxy groups -OCH3 is 1. The Morgan fingerprint density at radius 3 is 2.81 bits per heavy atom. The van der Waals surface area contributed by atoms with Crippen molar-refractivity contribution in [2.45, 2.75) is 18.5 Å². The van der Waals surface area contributed by atoms with Crippen molar-refractivity contribution in [3.05, 3.63) is 66.1 Å². The molecule has 1 amide bonds. The predicted octanol–water partition coefficient (Wildman–Crippen LogP) is 2.93. The number of amides is 1. The van der Waals surface area contributed by atoms with Crippen molar-refractivity contribution in [3.63, 3.8) is 0 Å². The standard InChI is InChI=1S/C20H19FN4O2/c1-27-15-9-13-3-2-8-22-19(13)17(10-15)23-20(26)18-11-16(24-25-18)12-4-6-14(21)7-5-12/h2-10,16,18,24-25H,11H2,1H3,(H,23,26). The molecule has 0 radical (unpaired) electrons. The molecule has 1 fully saturated rings. The third kappa shape index (κ3) is 3.60. The van der Waals surface area contributed by atoms with Gasteiger partial charge < -0.3 is 10.1 Å². The first kappa shape index (κ1) is 17.4. The number of ether oxygens (including phenoxy) is 1. The van der Waals surface area contributed by atoms with E-state index in [4.69, 9.17) is 4.74 Å². The summed E-state index contributed by atoms with van der Waals surface area (Å²) in [6.07, 6.45) is 2.23. The molecule has 4 rings (SSSR count). The van der Waals surface area contributed by atoms with E-state index < -0.39 is 6.04 Å². The van der Waals surface area contributed by atoms with Crippen LogP contribution in [0.2, 0.25) is 0 Å². The Labute approximate surface area is 155 Å². The first-order valence-corrected chi connectivity index (χ1v) is 8.64. The van der Waals surface area contributed by atoms with Crippen molar-refractivity contribution in [2.24, 2.45) is 0 Å². The van der Waals surface area contributed by atoms with E-state index in [9.17, 15) is 9.18 Å². The molecule has 2 heterocycles. The average molecular weight is 366 g/mol. The first-order chi connectivity index (χ1) is 13.1. The largest absolute Gasteiger partial charge is 0.497 e. The molecule has 6 nitrogen and oxygen atoms in total. The summed E-state index contributed by atoms with van der Waals surface area (Å²) < 4.78 is 18.4. The molecule has 1 aliphatic rings. The molecule has 2 atom stereocenters. The fourth-order valence-electron chi connectivity index (χ4n) is 3.24. The summed E-state index contributed by atoms with van der Waals surface area (Å²) in [5.41, 5.74) is 8.33. The fraction of sp³-hybridized carbons (Fsp3) is 0.200. The zero-order valence-corrected chi connectivity index (χ0v) is 14.7. The van der Waals surface area contributed by atoms with Crippen LogP contribution >= 0.6 is 0 Å². The number of halogens is 1. The van der Waals surface area contributed by atoms with Crippen molar-refractivity contribution in [1.29, 1.82) is 0 Å². The number of hydrogen-bond donors (Lipinski definition) is 3. The van der Waals surface area contributed by atoms with Crippen LogP contribution in [0.5, 0.6) is 5.75 Å². The molecule has 0 spiro atoms. The summed E-state index contributed by atoms with van der Waals surface area (Å²) in [5.74, 6) is 0.191. The number of aromatic nitrogens is 1. The van der Waals surface area contributed by atoms with Crippen molar-refractivity contribution in [1.82, 2.24) is 15.8 Å². The molecule has 2 unspecified atom stereocenters. The van der Waals surface area contributed by atoms with E-state index in [1.807, 2.05) is 18.2 Å². The van der Waals surface area contributed by atoms with Crippen molar-refractivity contribution in [3.8, 4) is 5.75 Å². The number of pyridine rings is 1. The van der Waals surface area contributed by atoms with Crippen LogP contribution < -0.4 is 20.9 Å². The maximum atomic E-state index is 13.1. The van der Waals surface area contributed by atoms with E-state index in [0.29, 0.717) is 23.4 Å². The zero-order valence-electron chi connectivity index (χ0n) is 14.7. The summed E-state index contributed by atoms with van der Waals surface area (Å²) in [4.78, 5) is 17.1. The molecule has 3 aromatic rings. The van der Waals surface area contributed by atoms with Gasteiger partial charge in [-0.05, 0) is 36.2 Å². The van der Waals surface area contributed by atoms with Crippen molar-refractivity contribution < 1.29 is 13.9 Å². The van der Waals surface area contributed by atoms with Gasteiger partial charge in [0, 0.05) is 23.7 Å². The number of hydrazine groups is 1. The number of fused-ring (bicyclic) bond motifs is 1. The average Bonchev–Trinajstić information content (AvgIpc) is 3.18. The highest BCUT2D eigenvalue weighted by Crippen LogP contribution is 2.29. The summed E-state index contributed by atoms with van der Waals surface area (Å²) in [6.45, 7) is 0. The normalized spacial score (nSPS) is 19.2. The van der Waals surface area contributed by atoms with Crippen LogP contribution in [0.3, 0.4) is 0 Å². The van der Waals surface area contributed by atoms with Gasteiger partial charge in [0.2, 0.25) is 5.91 Å². The van der Waals surface area contributed by atoms with Gasteiger partial charge in [0.25, 0.3) is 0 Å². The van der Waals surface area contributed by atoms with E-state index in [1.165, 1.54) is 12.1 Å². The number of hydrogen-bond acceptors (Lipinski definition) is 5. The van der Waals surface area contributed by atoms with Crippen molar-refractivity contribution >= 4 is 22.5 Å². The molecule has 3 N–H and O–H groups in total. The minimum Gasteiger partial charge on any atom is -0.497 e. The molecule has 1 aromatic heterocycles. The van der Waals surface area contributed by atoms with Crippen LogP contribution in [0.15, 0.2) is 54.7 Å². The SMILES string of the molecule is COc1cc(NC(=O)C2CC(c3ccc(F)cc3)NN2)c2ncccc2c1. The minimum atomic E-state index is -0.426. The number of carbonyl (C=O) groups is 1. The molecule has 27 heavy (non-hydrogen) atoms. The second-order valence-electron chi connectivity index (χ2n) is 6.42. The Bertz CT molecular complexity index is 977. The number of anilines is 1. The lowest BCUT2D eigenvalue weighted by Crippen LogP contribution is -2.39. The number of benzene rings is 2. The van der Waals surface area contributed by atoms with Gasteiger partial charge in [-0.15, -0.1) is 0 Å². The summed E-state index contributed by atoms with van der Waals surface area (Å²) in [5, 5.41) is 3.82. The molecular weight excluding hydrogens is 347 g/mol. The monoisotopic (exact) mass is 366 g/mol. The second kappa shape index (κ2) is 7.30. The summed E-state index contributed by atoms with van der Waals surface area (Å²) in [6, 6.07) is 13.2. The molecule has 7 heteroatoms. The van der Waals surface area contributed by atoms with Gasteiger partial charge in [0.05, 0.1) is 18.3 Å².